The number of rotatable bonds is 12. The molecule has 1 N–H and O–H groups in total. The Balaban J connectivity index is 2.27. The molecule has 130 valence electrons. The number of urea groups is 1. The summed E-state index contributed by atoms with van der Waals surface area (Å²) in [5, 5.41) is 3.08. The van der Waals surface area contributed by atoms with Gasteiger partial charge in [-0.2, -0.15) is 0 Å². The van der Waals surface area contributed by atoms with Gasteiger partial charge in [0.05, 0.1) is 0 Å². The highest BCUT2D eigenvalue weighted by atomic mass is 16.2. The van der Waals surface area contributed by atoms with Crippen LogP contribution in [0.15, 0.2) is 24.5 Å². The maximum atomic E-state index is 12.3. The van der Waals surface area contributed by atoms with Gasteiger partial charge in [-0.25, -0.2) is 4.79 Å². The highest BCUT2D eigenvalue weighted by Gasteiger charge is 2.11. The number of nitrogens with one attached hydrogen (secondary N) is 1. The van der Waals surface area contributed by atoms with Gasteiger partial charge in [0, 0.05) is 32.0 Å². The molecule has 0 radical (unpaired) electrons. The maximum Gasteiger partial charge on any atom is 0.317 e. The summed E-state index contributed by atoms with van der Waals surface area (Å²) in [6, 6.07) is 4.17. The molecule has 0 saturated carbocycles. The van der Waals surface area contributed by atoms with E-state index in [1.54, 1.807) is 0 Å². The maximum absolute atomic E-state index is 12.3. The van der Waals surface area contributed by atoms with E-state index in [2.05, 4.69) is 24.1 Å². The first-order valence-corrected chi connectivity index (χ1v) is 9.19. The Hall–Kier alpha value is -1.58. The van der Waals surface area contributed by atoms with Crippen molar-refractivity contribution in [3.8, 4) is 0 Å². The summed E-state index contributed by atoms with van der Waals surface area (Å²) in [6.07, 6.45) is 12.6. The molecule has 0 bridgehead atoms. The fraction of sp³-hybridized carbons (Fsp3) is 0.684. The molecule has 0 atom stereocenters. The monoisotopic (exact) mass is 319 g/mol. The second-order valence-electron chi connectivity index (χ2n) is 6.09. The molecule has 4 heteroatoms. The molecule has 1 heterocycles. The molecule has 1 aromatic rings. The lowest BCUT2D eigenvalue weighted by molar-refractivity contribution is 0.195. The van der Waals surface area contributed by atoms with E-state index in [1.165, 1.54) is 31.2 Å². The third-order valence-corrected chi connectivity index (χ3v) is 4.02. The van der Waals surface area contributed by atoms with Gasteiger partial charge in [0.2, 0.25) is 0 Å². The number of aromatic nitrogens is 1. The van der Waals surface area contributed by atoms with E-state index in [0.29, 0.717) is 0 Å². The third kappa shape index (κ3) is 9.22. The molecule has 0 aliphatic rings. The number of aryl methyl sites for hydroxylation is 1. The molecule has 0 saturated heterocycles. The molecule has 0 aromatic carbocycles. The van der Waals surface area contributed by atoms with Gasteiger partial charge in [0.25, 0.3) is 0 Å². The van der Waals surface area contributed by atoms with Gasteiger partial charge in [0.15, 0.2) is 0 Å². The molecule has 0 aliphatic carbocycles. The van der Waals surface area contributed by atoms with E-state index in [0.717, 1.165) is 45.3 Å². The van der Waals surface area contributed by atoms with Gasteiger partial charge in [-0.3, -0.25) is 4.98 Å². The van der Waals surface area contributed by atoms with Gasteiger partial charge in [-0.1, -0.05) is 39.5 Å². The van der Waals surface area contributed by atoms with Gasteiger partial charge in [0.1, 0.15) is 0 Å². The molecule has 23 heavy (non-hydrogen) atoms. The number of carbonyl (C=O) groups is 1. The zero-order valence-corrected chi connectivity index (χ0v) is 14.9. The number of hydrogen-bond donors (Lipinski definition) is 1. The van der Waals surface area contributed by atoms with Crippen LogP contribution in [0.1, 0.15) is 64.4 Å². The summed E-state index contributed by atoms with van der Waals surface area (Å²) < 4.78 is 0. The van der Waals surface area contributed by atoms with Crippen LogP contribution >= 0.6 is 0 Å². The van der Waals surface area contributed by atoms with E-state index in [1.807, 2.05) is 29.4 Å². The fourth-order valence-corrected chi connectivity index (χ4v) is 2.57. The number of nitrogens with zero attached hydrogens (tertiary/aromatic N) is 2. The van der Waals surface area contributed by atoms with E-state index in [4.69, 9.17) is 0 Å². The lowest BCUT2D eigenvalue weighted by Gasteiger charge is -2.23. The van der Waals surface area contributed by atoms with Gasteiger partial charge in [-0.15, -0.1) is 0 Å². The average molecular weight is 319 g/mol. The second-order valence-corrected chi connectivity index (χ2v) is 6.09. The lowest BCUT2D eigenvalue weighted by atomic mass is 10.1. The van der Waals surface area contributed by atoms with Crippen LogP contribution in [0.25, 0.3) is 0 Å². The lowest BCUT2D eigenvalue weighted by Crippen LogP contribution is -2.41. The van der Waals surface area contributed by atoms with Crippen molar-refractivity contribution in [2.45, 2.75) is 65.2 Å². The van der Waals surface area contributed by atoms with Crippen LogP contribution < -0.4 is 5.32 Å². The molecule has 0 aliphatic heterocycles. The molecule has 1 rings (SSSR count). The van der Waals surface area contributed by atoms with Crippen molar-refractivity contribution < 1.29 is 4.79 Å². The van der Waals surface area contributed by atoms with Crippen molar-refractivity contribution >= 4 is 6.03 Å². The van der Waals surface area contributed by atoms with Gasteiger partial charge >= 0.3 is 6.03 Å². The number of pyridine rings is 1. The zero-order valence-electron chi connectivity index (χ0n) is 14.9. The smallest absolute Gasteiger partial charge is 0.317 e. The highest BCUT2D eigenvalue weighted by molar-refractivity contribution is 5.74. The standard InChI is InChI=1S/C19H33N3O/c1-3-5-7-16-22(17-8-6-4-2)19(23)21-13-9-10-18-11-14-20-15-12-18/h11-12,14-15H,3-10,13,16-17H2,1-2H3,(H,21,23). The summed E-state index contributed by atoms with van der Waals surface area (Å²) >= 11 is 0. The van der Waals surface area contributed by atoms with Crippen LogP contribution in [-0.4, -0.2) is 35.5 Å². The molecule has 2 amide bonds. The first-order chi connectivity index (χ1) is 11.3. The zero-order chi connectivity index (χ0) is 16.8. The largest absolute Gasteiger partial charge is 0.338 e. The van der Waals surface area contributed by atoms with Crippen LogP contribution in [0.3, 0.4) is 0 Å². The molecular formula is C19H33N3O. The molecule has 1 aromatic heterocycles. The van der Waals surface area contributed by atoms with Crippen LogP contribution in [-0.2, 0) is 6.42 Å². The normalized spacial score (nSPS) is 10.5. The van der Waals surface area contributed by atoms with E-state index in [9.17, 15) is 4.79 Å². The van der Waals surface area contributed by atoms with Crippen molar-refractivity contribution in [2.75, 3.05) is 19.6 Å². The summed E-state index contributed by atoms with van der Waals surface area (Å²) in [7, 11) is 0. The minimum atomic E-state index is 0.104. The van der Waals surface area contributed by atoms with Crippen molar-refractivity contribution in [3.63, 3.8) is 0 Å². The van der Waals surface area contributed by atoms with Crippen LogP contribution in [0.4, 0.5) is 4.79 Å². The molecule has 4 nitrogen and oxygen atoms in total. The number of unbranched alkanes of at least 4 members (excludes halogenated alkanes) is 4. The molecule has 0 unspecified atom stereocenters. The van der Waals surface area contributed by atoms with E-state index in [-0.39, 0.29) is 6.03 Å². The van der Waals surface area contributed by atoms with Crippen molar-refractivity contribution in [1.82, 2.24) is 15.2 Å². The van der Waals surface area contributed by atoms with Crippen molar-refractivity contribution in [2.24, 2.45) is 0 Å². The molecular weight excluding hydrogens is 286 g/mol. The minimum Gasteiger partial charge on any atom is -0.338 e. The molecule has 0 spiro atoms. The van der Waals surface area contributed by atoms with E-state index < -0.39 is 0 Å². The fourth-order valence-electron chi connectivity index (χ4n) is 2.57. The Morgan fingerprint density at radius 1 is 1.00 bits per heavy atom. The topological polar surface area (TPSA) is 45.2 Å². The highest BCUT2D eigenvalue weighted by Crippen LogP contribution is 2.04. The predicted molar refractivity (Wildman–Crippen MR) is 96.6 cm³/mol. The van der Waals surface area contributed by atoms with Crippen LogP contribution in [0.2, 0.25) is 0 Å². The Bertz CT molecular complexity index is 398. The summed E-state index contributed by atoms with van der Waals surface area (Å²) in [5.41, 5.74) is 1.27. The van der Waals surface area contributed by atoms with Crippen molar-refractivity contribution in [3.05, 3.63) is 30.1 Å². The Labute approximate surface area is 141 Å². The quantitative estimate of drug-likeness (QED) is 0.580. The average Bonchev–Trinajstić information content (AvgIpc) is 2.58. The summed E-state index contributed by atoms with van der Waals surface area (Å²) in [4.78, 5) is 18.4. The number of amides is 2. The van der Waals surface area contributed by atoms with Crippen LogP contribution in [0, 0.1) is 0 Å². The first kappa shape index (κ1) is 19.5. The van der Waals surface area contributed by atoms with Crippen LogP contribution in [0.5, 0.6) is 0 Å². The third-order valence-electron chi connectivity index (χ3n) is 4.02. The summed E-state index contributed by atoms with van der Waals surface area (Å²) in [5.74, 6) is 0. The first-order valence-electron chi connectivity index (χ1n) is 9.19. The van der Waals surface area contributed by atoms with Gasteiger partial charge < -0.3 is 10.2 Å². The summed E-state index contributed by atoms with van der Waals surface area (Å²) in [6.45, 7) is 6.89. The second kappa shape index (κ2) is 12.9. The van der Waals surface area contributed by atoms with E-state index >= 15 is 0 Å². The minimum absolute atomic E-state index is 0.104. The SMILES string of the molecule is CCCCCN(CCCCC)C(=O)NCCCc1ccncc1. The molecule has 0 fully saturated rings. The van der Waals surface area contributed by atoms with Gasteiger partial charge in [-0.05, 0) is 43.4 Å². The number of hydrogen-bond acceptors (Lipinski definition) is 2. The Morgan fingerprint density at radius 2 is 1.61 bits per heavy atom. The Kier molecular flexibility index (Phi) is 10.9. The number of carbonyl (C=O) groups excluding carboxylic acids is 1. The Morgan fingerprint density at radius 3 is 2.17 bits per heavy atom. The van der Waals surface area contributed by atoms with Crippen molar-refractivity contribution in [1.29, 1.82) is 0 Å². The predicted octanol–water partition coefficient (Wildman–Crippen LogP) is 4.41.